The highest BCUT2D eigenvalue weighted by atomic mass is 16.4. The fourth-order valence-electron chi connectivity index (χ4n) is 2.93. The van der Waals surface area contributed by atoms with E-state index in [2.05, 4.69) is 31.7 Å². The Morgan fingerprint density at radius 3 is 2.38 bits per heavy atom. The van der Waals surface area contributed by atoms with Crippen LogP contribution in [-0.2, 0) is 0 Å². The molecule has 0 amide bonds. The number of aromatic carboxylic acids is 1. The van der Waals surface area contributed by atoms with Crippen LogP contribution in [0.5, 0.6) is 0 Å². The van der Waals surface area contributed by atoms with E-state index in [1.807, 2.05) is 12.1 Å². The van der Waals surface area contributed by atoms with Gasteiger partial charge in [-0.3, -0.25) is 4.90 Å². The highest BCUT2D eigenvalue weighted by molar-refractivity contribution is 5.87. The Hall–Kier alpha value is -1.61. The first-order chi connectivity index (χ1) is 9.97. The van der Waals surface area contributed by atoms with E-state index in [0.29, 0.717) is 17.4 Å². The second kappa shape index (κ2) is 6.90. The fourth-order valence-corrected chi connectivity index (χ4v) is 2.93. The van der Waals surface area contributed by atoms with Crippen LogP contribution in [0.25, 0.3) is 0 Å². The average Bonchev–Trinajstić information content (AvgIpc) is 2.47. The molecule has 1 aromatic carbocycles. The van der Waals surface area contributed by atoms with Gasteiger partial charge in [0.15, 0.2) is 0 Å². The zero-order valence-electron chi connectivity index (χ0n) is 13.2. The molecule has 0 bridgehead atoms. The number of nitrogens with zero attached hydrogens (tertiary/aromatic N) is 1. The summed E-state index contributed by atoms with van der Waals surface area (Å²) in [6.45, 7) is 10.0. The van der Waals surface area contributed by atoms with E-state index in [1.54, 1.807) is 12.1 Å². The number of carboxylic acids is 1. The molecule has 0 aromatic heterocycles. The number of benzene rings is 1. The van der Waals surface area contributed by atoms with E-state index in [9.17, 15) is 4.79 Å². The molecule has 1 unspecified atom stereocenters. The predicted molar refractivity (Wildman–Crippen MR) is 85.8 cm³/mol. The molecule has 21 heavy (non-hydrogen) atoms. The minimum absolute atomic E-state index is 0.353. The van der Waals surface area contributed by atoms with E-state index < -0.39 is 5.97 Å². The second-order valence-electron chi connectivity index (χ2n) is 6.33. The lowest BCUT2D eigenvalue weighted by molar-refractivity contribution is 0.0697. The van der Waals surface area contributed by atoms with Crippen LogP contribution in [0.15, 0.2) is 35.9 Å². The predicted octanol–water partition coefficient (Wildman–Crippen LogP) is 3.78. The quantitative estimate of drug-likeness (QED) is 0.838. The van der Waals surface area contributed by atoms with Gasteiger partial charge in [-0.05, 0) is 30.0 Å². The van der Waals surface area contributed by atoms with Crippen LogP contribution in [0.1, 0.15) is 49.0 Å². The van der Waals surface area contributed by atoms with Crippen molar-refractivity contribution < 1.29 is 9.90 Å². The van der Waals surface area contributed by atoms with Crippen LogP contribution in [0.2, 0.25) is 0 Å². The Bertz CT molecular complexity index is 517. The lowest BCUT2D eigenvalue weighted by Crippen LogP contribution is -2.32. The molecule has 1 aliphatic rings. The van der Waals surface area contributed by atoms with Gasteiger partial charge in [-0.15, -0.1) is 0 Å². The van der Waals surface area contributed by atoms with Gasteiger partial charge in [0.25, 0.3) is 0 Å². The van der Waals surface area contributed by atoms with Crippen LogP contribution >= 0.6 is 0 Å². The molecule has 1 heterocycles. The summed E-state index contributed by atoms with van der Waals surface area (Å²) in [5.74, 6) is 0.213. The first-order valence-corrected chi connectivity index (χ1v) is 7.72. The van der Waals surface area contributed by atoms with Crippen LogP contribution in [0.3, 0.4) is 0 Å². The maximum absolute atomic E-state index is 10.9. The van der Waals surface area contributed by atoms with Gasteiger partial charge in [-0.25, -0.2) is 4.79 Å². The van der Waals surface area contributed by atoms with Gasteiger partial charge >= 0.3 is 5.97 Å². The van der Waals surface area contributed by atoms with Gasteiger partial charge in [0.1, 0.15) is 0 Å². The molecule has 2 rings (SSSR count). The summed E-state index contributed by atoms with van der Waals surface area (Å²) in [6.07, 6.45) is 3.45. The molecule has 0 aliphatic carbocycles. The van der Waals surface area contributed by atoms with Crippen LogP contribution < -0.4 is 0 Å². The number of hydrogen-bond donors (Lipinski definition) is 1. The summed E-state index contributed by atoms with van der Waals surface area (Å²) in [4.78, 5) is 13.4. The number of hydrogen-bond acceptors (Lipinski definition) is 2. The largest absolute Gasteiger partial charge is 0.478 e. The third-order valence-electron chi connectivity index (χ3n) is 4.17. The van der Waals surface area contributed by atoms with Crippen molar-refractivity contribution in [2.75, 3.05) is 19.6 Å². The van der Waals surface area contributed by atoms with Crippen molar-refractivity contribution in [1.29, 1.82) is 0 Å². The molecular formula is C18H25NO2. The maximum Gasteiger partial charge on any atom is 0.335 e. The van der Waals surface area contributed by atoms with E-state index in [-0.39, 0.29) is 0 Å². The second-order valence-corrected chi connectivity index (χ2v) is 6.33. The Balaban J connectivity index is 2.02. The van der Waals surface area contributed by atoms with Gasteiger partial charge in [-0.1, -0.05) is 44.6 Å². The van der Waals surface area contributed by atoms with Crippen molar-refractivity contribution in [2.24, 2.45) is 5.92 Å². The molecule has 1 aliphatic heterocycles. The van der Waals surface area contributed by atoms with Crippen molar-refractivity contribution >= 4 is 5.97 Å². The molecule has 1 aromatic rings. The van der Waals surface area contributed by atoms with Crippen LogP contribution in [0.4, 0.5) is 0 Å². The third-order valence-corrected chi connectivity index (χ3v) is 4.17. The third kappa shape index (κ3) is 4.18. The average molecular weight is 287 g/mol. The van der Waals surface area contributed by atoms with Gasteiger partial charge in [0, 0.05) is 25.6 Å². The molecule has 1 atom stereocenters. The minimum Gasteiger partial charge on any atom is -0.478 e. The Labute approximate surface area is 127 Å². The first-order valence-electron chi connectivity index (χ1n) is 7.72. The maximum atomic E-state index is 10.9. The lowest BCUT2D eigenvalue weighted by atomic mass is 9.88. The summed E-state index contributed by atoms with van der Waals surface area (Å²) in [7, 11) is 0. The van der Waals surface area contributed by atoms with E-state index in [1.165, 1.54) is 11.1 Å². The molecule has 0 radical (unpaired) electrons. The summed E-state index contributed by atoms with van der Waals surface area (Å²) >= 11 is 0. The topological polar surface area (TPSA) is 40.5 Å². The molecule has 3 nitrogen and oxygen atoms in total. The Morgan fingerprint density at radius 2 is 1.90 bits per heavy atom. The fraction of sp³-hybridized carbons (Fsp3) is 0.500. The van der Waals surface area contributed by atoms with Crippen LogP contribution in [-0.4, -0.2) is 35.6 Å². The molecule has 0 spiro atoms. The standard InChI is InChI=1S/C18H25NO2/c1-13(2)12-19-10-8-16(9-11-19)14(3)15-4-6-17(7-5-15)18(20)21/h4-8,13-14H,9-12H2,1-3H3,(H,20,21). The highest BCUT2D eigenvalue weighted by Crippen LogP contribution is 2.28. The molecule has 3 heteroatoms. The number of carboxylic acid groups (broad SMARTS) is 1. The van der Waals surface area contributed by atoms with Crippen molar-refractivity contribution in [2.45, 2.75) is 33.1 Å². The van der Waals surface area contributed by atoms with Gasteiger partial charge in [-0.2, -0.15) is 0 Å². The molecule has 1 N–H and O–H groups in total. The summed E-state index contributed by atoms with van der Waals surface area (Å²) in [5, 5.41) is 8.95. The van der Waals surface area contributed by atoms with Crippen molar-refractivity contribution in [3.8, 4) is 0 Å². The number of rotatable bonds is 5. The van der Waals surface area contributed by atoms with E-state index in [0.717, 1.165) is 26.1 Å². The first kappa shape index (κ1) is 15.8. The van der Waals surface area contributed by atoms with Crippen molar-refractivity contribution in [3.05, 3.63) is 47.0 Å². The summed E-state index contributed by atoms with van der Waals surface area (Å²) in [5.41, 5.74) is 3.02. The summed E-state index contributed by atoms with van der Waals surface area (Å²) in [6, 6.07) is 7.27. The van der Waals surface area contributed by atoms with Crippen LogP contribution in [0, 0.1) is 5.92 Å². The Kier molecular flexibility index (Phi) is 5.18. The summed E-state index contributed by atoms with van der Waals surface area (Å²) < 4.78 is 0. The smallest absolute Gasteiger partial charge is 0.335 e. The van der Waals surface area contributed by atoms with Crippen molar-refractivity contribution in [3.63, 3.8) is 0 Å². The minimum atomic E-state index is -0.865. The number of carbonyl (C=O) groups is 1. The molecule has 0 saturated heterocycles. The van der Waals surface area contributed by atoms with Gasteiger partial charge < -0.3 is 5.11 Å². The molecular weight excluding hydrogens is 262 g/mol. The molecule has 0 saturated carbocycles. The van der Waals surface area contributed by atoms with E-state index >= 15 is 0 Å². The normalized spacial score (nSPS) is 17.6. The zero-order valence-corrected chi connectivity index (χ0v) is 13.2. The SMILES string of the molecule is CC(C)CN1CC=C(C(C)c2ccc(C(=O)O)cc2)CC1. The van der Waals surface area contributed by atoms with Gasteiger partial charge in [0.05, 0.1) is 5.56 Å². The zero-order chi connectivity index (χ0) is 15.4. The Morgan fingerprint density at radius 1 is 1.24 bits per heavy atom. The molecule has 114 valence electrons. The van der Waals surface area contributed by atoms with Gasteiger partial charge in [0.2, 0.25) is 0 Å². The lowest BCUT2D eigenvalue weighted by Gasteiger charge is -2.30. The molecule has 0 fully saturated rings. The van der Waals surface area contributed by atoms with Crippen molar-refractivity contribution in [1.82, 2.24) is 4.90 Å². The van der Waals surface area contributed by atoms with E-state index in [4.69, 9.17) is 5.11 Å². The monoisotopic (exact) mass is 287 g/mol. The highest BCUT2D eigenvalue weighted by Gasteiger charge is 2.18.